The quantitative estimate of drug-likeness (QED) is 0.0199. The van der Waals surface area contributed by atoms with Crippen LogP contribution < -0.4 is 5.32 Å². The molecule has 1 amide bonds. The van der Waals surface area contributed by atoms with E-state index in [1.165, 1.54) is 347 Å². The summed E-state index contributed by atoms with van der Waals surface area (Å²) in [5.41, 5.74) is 0. The Bertz CT molecular complexity index is 2170. The number of ether oxygens (including phenoxy) is 6. The van der Waals surface area contributed by atoms with E-state index in [1.807, 2.05) is 6.08 Å². The minimum absolute atomic E-state index is 0.248. The van der Waals surface area contributed by atoms with Crippen molar-refractivity contribution >= 4 is 5.91 Å². The maximum atomic E-state index is 13.5. The Balaban J connectivity index is 1.30. The number of aliphatic hydroxyl groups excluding tert-OH is 11. The highest BCUT2D eigenvalue weighted by molar-refractivity contribution is 5.76. The van der Waals surface area contributed by atoms with E-state index in [1.54, 1.807) is 6.08 Å². The van der Waals surface area contributed by atoms with Crippen LogP contribution in [0.2, 0.25) is 0 Å². The number of amides is 1. The predicted octanol–water partition coefficient (Wildman–Crippen LogP) is 19.0. The van der Waals surface area contributed by atoms with Gasteiger partial charge in [-0.05, 0) is 51.4 Å². The standard InChI is InChI=1S/C94H177NO18/c1-3-5-7-9-11-13-15-17-19-21-23-25-27-29-31-33-35-37-38-40-42-44-46-48-50-52-54-56-58-60-62-64-66-68-70-72-82(100)95-77(78(99)71-69-67-65-63-61-59-57-55-53-51-49-47-45-43-41-39-36-34-32-30-28-26-24-22-20-18-16-14-12-10-8-6-4-2)76-108-92-88(106)85(103)90(80(74-97)110-92)113-94-89(107)86(104)91(81(75-98)111-94)112-93-87(105)84(102)83(101)79(73-96)109-93/h15,17,21,23,69,71,77-81,83-94,96-99,101-107H,3-14,16,18-20,22,24-68,70,72-76H2,1-2H3,(H,95,100)/b17-15-,23-21-,71-69+. The molecule has 113 heavy (non-hydrogen) atoms. The molecule has 3 rings (SSSR count). The zero-order valence-electron chi connectivity index (χ0n) is 72.1. The molecule has 12 N–H and O–H groups in total. The van der Waals surface area contributed by atoms with Gasteiger partial charge in [0.2, 0.25) is 5.91 Å². The topological polar surface area (TPSA) is 307 Å². The fourth-order valence-electron chi connectivity index (χ4n) is 16.3. The first-order valence-corrected chi connectivity index (χ1v) is 47.7. The lowest BCUT2D eigenvalue weighted by Crippen LogP contribution is -2.66. The van der Waals surface area contributed by atoms with E-state index in [2.05, 4.69) is 43.5 Å². The van der Waals surface area contributed by atoms with E-state index < -0.39 is 124 Å². The van der Waals surface area contributed by atoms with Crippen molar-refractivity contribution in [1.82, 2.24) is 5.32 Å². The van der Waals surface area contributed by atoms with Crippen LogP contribution in [-0.2, 0) is 33.2 Å². The summed E-state index contributed by atoms with van der Waals surface area (Å²) in [5.74, 6) is -0.266. The lowest BCUT2D eigenvalue weighted by atomic mass is 9.96. The van der Waals surface area contributed by atoms with Gasteiger partial charge in [0.25, 0.3) is 0 Å². The third-order valence-corrected chi connectivity index (χ3v) is 23.9. The van der Waals surface area contributed by atoms with Crippen molar-refractivity contribution in [3.8, 4) is 0 Å². The van der Waals surface area contributed by atoms with Gasteiger partial charge in [0.15, 0.2) is 18.9 Å². The number of rotatable bonds is 79. The number of aliphatic hydroxyl groups is 11. The molecule has 0 aromatic carbocycles. The van der Waals surface area contributed by atoms with Gasteiger partial charge in [0, 0.05) is 6.42 Å². The molecule has 17 unspecified atom stereocenters. The monoisotopic (exact) mass is 1610 g/mol. The van der Waals surface area contributed by atoms with Crippen molar-refractivity contribution < 1.29 is 89.4 Å². The summed E-state index contributed by atoms with van der Waals surface area (Å²) in [5, 5.41) is 121. The fourth-order valence-corrected chi connectivity index (χ4v) is 16.3. The molecule has 19 nitrogen and oxygen atoms in total. The molecule has 3 saturated heterocycles. The van der Waals surface area contributed by atoms with Gasteiger partial charge in [-0.3, -0.25) is 4.79 Å². The molecular formula is C94H177NO18. The molecule has 0 bridgehead atoms. The summed E-state index contributed by atoms with van der Waals surface area (Å²) >= 11 is 0. The maximum absolute atomic E-state index is 13.5. The molecule has 3 fully saturated rings. The molecular weight excluding hydrogens is 1430 g/mol. The molecule has 666 valence electrons. The van der Waals surface area contributed by atoms with E-state index in [9.17, 15) is 61.0 Å². The van der Waals surface area contributed by atoms with Crippen molar-refractivity contribution in [2.75, 3.05) is 26.4 Å². The second-order valence-electron chi connectivity index (χ2n) is 34.2. The number of carbonyl (C=O) groups is 1. The van der Waals surface area contributed by atoms with Gasteiger partial charge in [-0.1, -0.05) is 403 Å². The number of carbonyl (C=O) groups excluding carboxylic acids is 1. The molecule has 3 heterocycles. The van der Waals surface area contributed by atoms with Crippen molar-refractivity contribution in [3.05, 3.63) is 36.5 Å². The summed E-state index contributed by atoms with van der Waals surface area (Å²) in [6, 6.07) is -0.974. The van der Waals surface area contributed by atoms with Crippen LogP contribution in [0, 0.1) is 0 Å². The van der Waals surface area contributed by atoms with Crippen LogP contribution in [0.3, 0.4) is 0 Å². The van der Waals surface area contributed by atoms with E-state index in [-0.39, 0.29) is 18.9 Å². The van der Waals surface area contributed by atoms with Gasteiger partial charge in [-0.2, -0.15) is 0 Å². The van der Waals surface area contributed by atoms with Crippen LogP contribution in [-0.4, -0.2) is 193 Å². The first kappa shape index (κ1) is 105. The first-order valence-electron chi connectivity index (χ1n) is 47.7. The smallest absolute Gasteiger partial charge is 0.220 e. The van der Waals surface area contributed by atoms with Gasteiger partial charge < -0.3 is 89.9 Å². The van der Waals surface area contributed by atoms with E-state index in [0.29, 0.717) is 6.42 Å². The molecule has 0 saturated carbocycles. The predicted molar refractivity (Wildman–Crippen MR) is 457 cm³/mol. The summed E-state index contributed by atoms with van der Waals surface area (Å²) in [6.45, 7) is 1.80. The number of unbranched alkanes of at least 4 members (excludes halogenated alkanes) is 59. The lowest BCUT2D eigenvalue weighted by molar-refractivity contribution is -0.379. The van der Waals surface area contributed by atoms with Gasteiger partial charge in [0.1, 0.15) is 73.2 Å². The molecule has 3 aliphatic heterocycles. The van der Waals surface area contributed by atoms with E-state index in [0.717, 1.165) is 51.4 Å². The van der Waals surface area contributed by atoms with E-state index in [4.69, 9.17) is 28.4 Å². The fraction of sp³-hybridized carbons (Fsp3) is 0.926. The Labute approximate surface area is 689 Å². The highest BCUT2D eigenvalue weighted by Gasteiger charge is 2.54. The Morgan fingerprint density at radius 3 is 0.903 bits per heavy atom. The average molecular weight is 1610 g/mol. The summed E-state index contributed by atoms with van der Waals surface area (Å²) < 4.78 is 34.6. The Kier molecular flexibility index (Phi) is 68.8. The zero-order valence-corrected chi connectivity index (χ0v) is 72.1. The number of allylic oxidation sites excluding steroid dienone is 5. The van der Waals surface area contributed by atoms with Crippen molar-refractivity contribution in [3.63, 3.8) is 0 Å². The Hall–Kier alpha value is -1.99. The van der Waals surface area contributed by atoms with Crippen LogP contribution in [0.1, 0.15) is 425 Å². The van der Waals surface area contributed by atoms with Gasteiger partial charge in [-0.15, -0.1) is 0 Å². The normalized spacial score (nSPS) is 24.9. The molecule has 0 spiro atoms. The highest BCUT2D eigenvalue weighted by Crippen LogP contribution is 2.34. The van der Waals surface area contributed by atoms with Crippen molar-refractivity contribution in [1.29, 1.82) is 0 Å². The lowest BCUT2D eigenvalue weighted by Gasteiger charge is -2.48. The van der Waals surface area contributed by atoms with Crippen LogP contribution in [0.25, 0.3) is 0 Å². The van der Waals surface area contributed by atoms with Gasteiger partial charge in [0.05, 0.1) is 38.6 Å². The molecule has 0 aliphatic carbocycles. The average Bonchev–Trinajstić information content (AvgIpc) is 0.780. The molecule has 0 aromatic heterocycles. The number of nitrogens with one attached hydrogen (secondary N) is 1. The zero-order chi connectivity index (χ0) is 81.7. The SMILES string of the molecule is CCCCCCC/C=C\C/C=C\CCCCCCCCCCCCCCCCCCCCCCCCCC(=O)NC(COC1OC(CO)C(OC2OC(CO)C(OC3OC(CO)C(O)C(O)C3O)C(O)C2O)C(O)C1O)C(O)/C=C/CCCCCCCCCCCCCCCCCCCCCCCCCCCCCCCCC. The third kappa shape index (κ3) is 52.1. The second kappa shape index (κ2) is 73.9. The largest absolute Gasteiger partial charge is 0.394 e. The molecule has 19 heteroatoms. The molecule has 0 aromatic rings. The van der Waals surface area contributed by atoms with Crippen molar-refractivity contribution in [2.45, 2.75) is 529 Å². The van der Waals surface area contributed by atoms with Crippen LogP contribution in [0.15, 0.2) is 36.5 Å². The summed E-state index contributed by atoms with van der Waals surface area (Å²) in [4.78, 5) is 13.5. The summed E-state index contributed by atoms with van der Waals surface area (Å²) in [6.07, 6.45) is 68.8. The third-order valence-electron chi connectivity index (χ3n) is 23.9. The first-order chi connectivity index (χ1) is 55.3. The maximum Gasteiger partial charge on any atom is 0.220 e. The van der Waals surface area contributed by atoms with Gasteiger partial charge in [-0.25, -0.2) is 0 Å². The van der Waals surface area contributed by atoms with E-state index >= 15 is 0 Å². The number of hydrogen-bond acceptors (Lipinski definition) is 18. The Morgan fingerprint density at radius 1 is 0.319 bits per heavy atom. The number of hydrogen-bond donors (Lipinski definition) is 12. The van der Waals surface area contributed by atoms with Gasteiger partial charge >= 0.3 is 0 Å². The summed E-state index contributed by atoms with van der Waals surface area (Å²) in [7, 11) is 0. The molecule has 3 aliphatic rings. The van der Waals surface area contributed by atoms with Crippen LogP contribution in [0.4, 0.5) is 0 Å². The Morgan fingerprint density at radius 2 is 0.584 bits per heavy atom. The van der Waals surface area contributed by atoms with Crippen molar-refractivity contribution in [2.24, 2.45) is 0 Å². The second-order valence-corrected chi connectivity index (χ2v) is 34.2. The minimum Gasteiger partial charge on any atom is -0.394 e. The van der Waals surface area contributed by atoms with Crippen LogP contribution in [0.5, 0.6) is 0 Å². The highest BCUT2D eigenvalue weighted by atomic mass is 16.8. The van der Waals surface area contributed by atoms with Crippen LogP contribution >= 0.6 is 0 Å². The molecule has 0 radical (unpaired) electrons. The molecule has 17 atom stereocenters. The minimum atomic E-state index is -1.98.